The predicted molar refractivity (Wildman–Crippen MR) is 84.8 cm³/mol. The largest absolute Gasteiger partial charge is 0.497 e. The van der Waals surface area contributed by atoms with Crippen molar-refractivity contribution in [3.8, 4) is 5.75 Å². The average molecular weight is 384 g/mol. The van der Waals surface area contributed by atoms with Crippen molar-refractivity contribution < 1.29 is 13.9 Å². The number of halogens is 2. The molecule has 2 rings (SSSR count). The van der Waals surface area contributed by atoms with E-state index in [9.17, 15) is 9.18 Å². The molecule has 0 aliphatic heterocycles. The van der Waals surface area contributed by atoms with Crippen LogP contribution in [0.1, 0.15) is 22.3 Å². The van der Waals surface area contributed by atoms with Crippen molar-refractivity contribution in [2.24, 2.45) is 0 Å². The first kappa shape index (κ1) is 15.0. The summed E-state index contributed by atoms with van der Waals surface area (Å²) < 4.78 is 18.7. The summed E-state index contributed by atoms with van der Waals surface area (Å²) in [5.74, 6) is 0.513. The maximum Gasteiger partial charge on any atom is 0.164 e. The third-order valence-corrected chi connectivity index (χ3v) is 3.92. The number of carbonyl (C=O) groups is 1. The molecule has 20 heavy (non-hydrogen) atoms. The lowest BCUT2D eigenvalue weighted by Crippen LogP contribution is -2.04. The van der Waals surface area contributed by atoms with E-state index in [4.69, 9.17) is 4.74 Å². The average Bonchev–Trinajstić information content (AvgIpc) is 2.45. The highest BCUT2D eigenvalue weighted by atomic mass is 127. The van der Waals surface area contributed by atoms with Gasteiger partial charge in [0.1, 0.15) is 11.6 Å². The summed E-state index contributed by atoms with van der Waals surface area (Å²) in [6.45, 7) is 0. The van der Waals surface area contributed by atoms with Gasteiger partial charge in [0.25, 0.3) is 0 Å². The van der Waals surface area contributed by atoms with Gasteiger partial charge in [-0.3, -0.25) is 4.79 Å². The van der Waals surface area contributed by atoms with Crippen LogP contribution in [0.4, 0.5) is 4.39 Å². The SMILES string of the molecule is COc1ccc(CCC(=O)c2ccc(F)cc2I)cc1. The quantitative estimate of drug-likeness (QED) is 0.569. The molecular weight excluding hydrogens is 370 g/mol. The molecule has 0 amide bonds. The molecule has 0 aliphatic carbocycles. The molecular formula is C16H14FIO2. The molecule has 2 aromatic carbocycles. The van der Waals surface area contributed by atoms with Crippen LogP contribution in [0.15, 0.2) is 42.5 Å². The molecule has 0 heterocycles. The Bertz CT molecular complexity index is 608. The highest BCUT2D eigenvalue weighted by Crippen LogP contribution is 2.18. The van der Waals surface area contributed by atoms with E-state index in [2.05, 4.69) is 0 Å². The fraction of sp³-hybridized carbons (Fsp3) is 0.188. The van der Waals surface area contributed by atoms with E-state index in [0.717, 1.165) is 11.3 Å². The van der Waals surface area contributed by atoms with E-state index in [-0.39, 0.29) is 11.6 Å². The maximum absolute atomic E-state index is 13.0. The minimum Gasteiger partial charge on any atom is -0.497 e. The molecule has 0 N–H and O–H groups in total. The summed E-state index contributed by atoms with van der Waals surface area (Å²) in [5.41, 5.74) is 1.66. The van der Waals surface area contributed by atoms with Crippen molar-refractivity contribution in [2.75, 3.05) is 7.11 Å². The first-order valence-corrected chi connectivity index (χ1v) is 7.29. The van der Waals surface area contributed by atoms with Crippen molar-refractivity contribution >= 4 is 28.4 Å². The molecule has 4 heteroatoms. The molecule has 0 atom stereocenters. The van der Waals surface area contributed by atoms with Crippen LogP contribution in [0.5, 0.6) is 5.75 Å². The van der Waals surface area contributed by atoms with Crippen LogP contribution in [0.25, 0.3) is 0 Å². The van der Waals surface area contributed by atoms with E-state index >= 15 is 0 Å². The van der Waals surface area contributed by atoms with E-state index in [0.29, 0.717) is 22.0 Å². The number of hydrogen-bond acceptors (Lipinski definition) is 2. The zero-order valence-electron chi connectivity index (χ0n) is 11.0. The Labute approximate surface area is 131 Å². The van der Waals surface area contributed by atoms with Crippen LogP contribution in [0, 0.1) is 9.39 Å². The van der Waals surface area contributed by atoms with Crippen LogP contribution in [0.2, 0.25) is 0 Å². The molecule has 0 saturated carbocycles. The number of Topliss-reactive ketones (excluding diaryl/α,β-unsaturated/α-hetero) is 1. The zero-order valence-corrected chi connectivity index (χ0v) is 13.2. The maximum atomic E-state index is 13.0. The van der Waals surface area contributed by atoms with Crippen molar-refractivity contribution in [1.29, 1.82) is 0 Å². The van der Waals surface area contributed by atoms with Gasteiger partial charge in [0.2, 0.25) is 0 Å². The van der Waals surface area contributed by atoms with Gasteiger partial charge in [-0.15, -0.1) is 0 Å². The van der Waals surface area contributed by atoms with Gasteiger partial charge in [-0.1, -0.05) is 12.1 Å². The summed E-state index contributed by atoms with van der Waals surface area (Å²) >= 11 is 1.99. The zero-order chi connectivity index (χ0) is 14.5. The van der Waals surface area contributed by atoms with E-state index < -0.39 is 0 Å². The molecule has 0 unspecified atom stereocenters. The minimum atomic E-state index is -0.318. The van der Waals surface area contributed by atoms with Gasteiger partial charge < -0.3 is 4.74 Å². The van der Waals surface area contributed by atoms with Gasteiger partial charge in [-0.25, -0.2) is 4.39 Å². The second kappa shape index (κ2) is 6.83. The molecule has 2 aromatic rings. The van der Waals surface area contributed by atoms with Crippen molar-refractivity contribution in [2.45, 2.75) is 12.8 Å². The summed E-state index contributed by atoms with van der Waals surface area (Å²) in [5, 5.41) is 0. The minimum absolute atomic E-state index is 0.0326. The lowest BCUT2D eigenvalue weighted by Gasteiger charge is -2.05. The molecule has 0 spiro atoms. The second-order valence-electron chi connectivity index (χ2n) is 4.40. The number of ether oxygens (including phenoxy) is 1. The summed E-state index contributed by atoms with van der Waals surface area (Å²) in [4.78, 5) is 12.1. The number of hydrogen-bond donors (Lipinski definition) is 0. The molecule has 0 fully saturated rings. The number of aryl methyl sites for hydroxylation is 1. The predicted octanol–water partition coefficient (Wildman–Crippen LogP) is 4.25. The second-order valence-corrected chi connectivity index (χ2v) is 5.56. The number of carbonyl (C=O) groups excluding carboxylic acids is 1. The highest BCUT2D eigenvalue weighted by molar-refractivity contribution is 14.1. The Kier molecular flexibility index (Phi) is 5.11. The lowest BCUT2D eigenvalue weighted by atomic mass is 10.0. The Hall–Kier alpha value is -1.43. The molecule has 0 aromatic heterocycles. The molecule has 104 valence electrons. The Morgan fingerprint density at radius 1 is 1.20 bits per heavy atom. The summed E-state index contributed by atoms with van der Waals surface area (Å²) in [6.07, 6.45) is 1.07. The Balaban J connectivity index is 2.00. The first-order chi connectivity index (χ1) is 9.60. The third-order valence-electron chi connectivity index (χ3n) is 3.03. The van der Waals surface area contributed by atoms with Crippen LogP contribution in [-0.2, 0) is 6.42 Å². The number of rotatable bonds is 5. The molecule has 0 radical (unpaired) electrons. The Morgan fingerprint density at radius 2 is 1.90 bits per heavy atom. The van der Waals surface area contributed by atoms with Crippen molar-refractivity contribution in [1.82, 2.24) is 0 Å². The molecule has 0 bridgehead atoms. The first-order valence-electron chi connectivity index (χ1n) is 6.21. The third kappa shape index (κ3) is 3.79. The molecule has 2 nitrogen and oxygen atoms in total. The fourth-order valence-corrected chi connectivity index (χ4v) is 2.68. The van der Waals surface area contributed by atoms with E-state index in [1.807, 2.05) is 46.9 Å². The summed E-state index contributed by atoms with van der Waals surface area (Å²) in [6, 6.07) is 11.9. The topological polar surface area (TPSA) is 26.3 Å². The van der Waals surface area contributed by atoms with Gasteiger partial charge in [0, 0.05) is 15.6 Å². The number of methoxy groups -OCH3 is 1. The summed E-state index contributed by atoms with van der Waals surface area (Å²) in [7, 11) is 1.62. The fourth-order valence-electron chi connectivity index (χ4n) is 1.90. The van der Waals surface area contributed by atoms with Crippen LogP contribution in [0.3, 0.4) is 0 Å². The molecule has 0 aliphatic rings. The number of ketones is 1. The highest BCUT2D eigenvalue weighted by Gasteiger charge is 2.10. The number of benzene rings is 2. The monoisotopic (exact) mass is 384 g/mol. The van der Waals surface area contributed by atoms with Gasteiger partial charge >= 0.3 is 0 Å². The van der Waals surface area contributed by atoms with Crippen molar-refractivity contribution in [3.63, 3.8) is 0 Å². The normalized spacial score (nSPS) is 10.3. The lowest BCUT2D eigenvalue weighted by molar-refractivity contribution is 0.0982. The standard InChI is InChI=1S/C16H14FIO2/c1-20-13-6-2-11(3-7-13)4-9-16(19)14-8-5-12(17)10-15(14)18/h2-3,5-8,10H,4,9H2,1H3. The van der Waals surface area contributed by atoms with E-state index in [1.165, 1.54) is 12.1 Å². The van der Waals surface area contributed by atoms with Crippen LogP contribution >= 0.6 is 22.6 Å². The van der Waals surface area contributed by atoms with E-state index in [1.54, 1.807) is 13.2 Å². The van der Waals surface area contributed by atoms with Gasteiger partial charge in [0.05, 0.1) is 7.11 Å². The molecule has 0 saturated heterocycles. The van der Waals surface area contributed by atoms with Gasteiger partial charge in [0.15, 0.2) is 5.78 Å². The van der Waals surface area contributed by atoms with Crippen LogP contribution in [-0.4, -0.2) is 12.9 Å². The van der Waals surface area contributed by atoms with Crippen molar-refractivity contribution in [3.05, 3.63) is 63.0 Å². The van der Waals surface area contributed by atoms with Crippen LogP contribution < -0.4 is 4.74 Å². The van der Waals surface area contributed by atoms with Gasteiger partial charge in [-0.05, 0) is 64.9 Å². The smallest absolute Gasteiger partial charge is 0.164 e. The Morgan fingerprint density at radius 3 is 2.50 bits per heavy atom. The van der Waals surface area contributed by atoms with Gasteiger partial charge in [-0.2, -0.15) is 0 Å².